The Kier molecular flexibility index (Phi) is 5.46. The second kappa shape index (κ2) is 7.17. The highest BCUT2D eigenvalue weighted by atomic mass is 19.1. The summed E-state index contributed by atoms with van der Waals surface area (Å²) < 4.78 is 18.7. The Morgan fingerprint density at radius 1 is 1.43 bits per heavy atom. The largest absolute Gasteiger partial charge is 0.505 e. The number of ether oxygens (including phenoxy) is 1. The molecule has 0 aliphatic heterocycles. The molecule has 0 spiro atoms. The molecular weight excluding hydrogens is 299 g/mol. The molecule has 0 radical (unpaired) electrons. The molecule has 0 unspecified atom stereocenters. The zero-order valence-corrected chi connectivity index (χ0v) is 13.9. The minimum Gasteiger partial charge on any atom is -0.505 e. The highest BCUT2D eigenvalue weighted by Gasteiger charge is 2.34. The van der Waals surface area contributed by atoms with Crippen molar-refractivity contribution in [3.8, 4) is 5.75 Å². The van der Waals surface area contributed by atoms with Crippen LogP contribution < -0.4 is 5.32 Å². The van der Waals surface area contributed by atoms with Crippen LogP contribution in [0.2, 0.25) is 0 Å². The van der Waals surface area contributed by atoms with Crippen molar-refractivity contribution in [1.82, 2.24) is 10.2 Å². The smallest absolute Gasteiger partial charge is 0.410 e. The van der Waals surface area contributed by atoms with E-state index in [0.717, 1.165) is 12.8 Å². The molecule has 1 aliphatic carbocycles. The lowest BCUT2D eigenvalue weighted by Gasteiger charge is -2.27. The van der Waals surface area contributed by atoms with E-state index in [1.54, 1.807) is 17.0 Å². The van der Waals surface area contributed by atoms with Gasteiger partial charge in [-0.2, -0.15) is 0 Å². The first-order chi connectivity index (χ1) is 10.8. The van der Waals surface area contributed by atoms with Crippen molar-refractivity contribution in [3.05, 3.63) is 29.6 Å². The molecule has 1 saturated carbocycles. The number of para-hydroxylation sites is 1. The maximum Gasteiger partial charge on any atom is 0.410 e. The van der Waals surface area contributed by atoms with E-state index in [0.29, 0.717) is 25.2 Å². The van der Waals surface area contributed by atoms with Crippen LogP contribution in [0.4, 0.5) is 9.18 Å². The van der Waals surface area contributed by atoms with Crippen LogP contribution in [0.25, 0.3) is 0 Å². The number of benzene rings is 1. The third-order valence-corrected chi connectivity index (χ3v) is 3.53. The van der Waals surface area contributed by atoms with Gasteiger partial charge in [0.05, 0.1) is 0 Å². The summed E-state index contributed by atoms with van der Waals surface area (Å²) in [6, 6.07) is 4.70. The number of nitrogens with one attached hydrogen (secondary N) is 1. The van der Waals surface area contributed by atoms with E-state index in [1.807, 2.05) is 20.8 Å². The van der Waals surface area contributed by atoms with Crippen LogP contribution in [0.3, 0.4) is 0 Å². The number of carbonyl (C=O) groups is 1. The van der Waals surface area contributed by atoms with Gasteiger partial charge in [-0.25, -0.2) is 9.18 Å². The Balaban J connectivity index is 1.81. The maximum atomic E-state index is 13.2. The zero-order valence-electron chi connectivity index (χ0n) is 13.9. The molecule has 6 heteroatoms. The fraction of sp³-hybridized carbons (Fsp3) is 0.588. The third kappa shape index (κ3) is 5.39. The second-order valence-electron chi connectivity index (χ2n) is 6.83. The van der Waals surface area contributed by atoms with E-state index in [2.05, 4.69) is 5.32 Å². The minimum absolute atomic E-state index is 0.259. The fourth-order valence-corrected chi connectivity index (χ4v) is 2.25. The van der Waals surface area contributed by atoms with Gasteiger partial charge in [-0.1, -0.05) is 12.1 Å². The monoisotopic (exact) mass is 324 g/mol. The van der Waals surface area contributed by atoms with Crippen LogP contribution in [0.1, 0.15) is 39.2 Å². The number of hydrogen-bond acceptors (Lipinski definition) is 4. The summed E-state index contributed by atoms with van der Waals surface area (Å²) in [7, 11) is 0. The van der Waals surface area contributed by atoms with Crippen molar-refractivity contribution in [2.24, 2.45) is 0 Å². The molecule has 1 aliphatic rings. The van der Waals surface area contributed by atoms with Crippen molar-refractivity contribution in [1.29, 1.82) is 0 Å². The minimum atomic E-state index is -0.627. The van der Waals surface area contributed by atoms with E-state index < -0.39 is 11.4 Å². The first-order valence-corrected chi connectivity index (χ1v) is 7.94. The lowest BCUT2D eigenvalue weighted by Crippen LogP contribution is -2.41. The van der Waals surface area contributed by atoms with Gasteiger partial charge in [0.1, 0.15) is 5.60 Å². The summed E-state index contributed by atoms with van der Waals surface area (Å²) in [5, 5.41) is 12.7. The molecule has 0 heterocycles. The fourth-order valence-electron chi connectivity index (χ4n) is 2.25. The van der Waals surface area contributed by atoms with Gasteiger partial charge in [-0.3, -0.25) is 0 Å². The predicted molar refractivity (Wildman–Crippen MR) is 85.7 cm³/mol. The number of rotatable bonds is 6. The van der Waals surface area contributed by atoms with Crippen molar-refractivity contribution in [3.63, 3.8) is 0 Å². The molecule has 1 amide bonds. The molecule has 1 aromatic carbocycles. The van der Waals surface area contributed by atoms with Gasteiger partial charge in [0.15, 0.2) is 11.6 Å². The zero-order chi connectivity index (χ0) is 17.0. The summed E-state index contributed by atoms with van der Waals surface area (Å²) in [4.78, 5) is 13.9. The number of aromatic hydroxyl groups is 1. The lowest BCUT2D eigenvalue weighted by atomic mass is 10.2. The van der Waals surface area contributed by atoms with Gasteiger partial charge < -0.3 is 20.1 Å². The van der Waals surface area contributed by atoms with Crippen molar-refractivity contribution < 1.29 is 19.0 Å². The van der Waals surface area contributed by atoms with Crippen molar-refractivity contribution >= 4 is 6.09 Å². The van der Waals surface area contributed by atoms with E-state index in [1.165, 1.54) is 6.07 Å². The first-order valence-electron chi connectivity index (χ1n) is 7.94. The standard InChI is InChI=1S/C17H25FN2O3/c1-17(2,3)23-16(22)20(13-7-8-13)10-9-19-11-12-5-4-6-14(18)15(12)21/h4-6,13,19,21H,7-11H2,1-3H3. The van der Waals surface area contributed by atoms with Crippen molar-refractivity contribution in [2.45, 2.75) is 51.8 Å². The molecular formula is C17H25FN2O3. The van der Waals surface area contributed by atoms with Crippen LogP contribution in [0.5, 0.6) is 5.75 Å². The summed E-state index contributed by atoms with van der Waals surface area (Å²) in [5.41, 5.74) is -0.00870. The van der Waals surface area contributed by atoms with Crippen LogP contribution in [0.15, 0.2) is 18.2 Å². The molecule has 2 rings (SSSR count). The molecule has 0 atom stereocenters. The van der Waals surface area contributed by atoms with Gasteiger partial charge in [0, 0.05) is 31.2 Å². The average molecular weight is 324 g/mol. The number of halogens is 1. The molecule has 0 saturated heterocycles. The molecule has 0 bridgehead atoms. The summed E-state index contributed by atoms with van der Waals surface area (Å²) >= 11 is 0. The van der Waals surface area contributed by atoms with Crippen LogP contribution >= 0.6 is 0 Å². The lowest BCUT2D eigenvalue weighted by molar-refractivity contribution is 0.0236. The molecule has 1 fully saturated rings. The number of amides is 1. The van der Waals surface area contributed by atoms with E-state index >= 15 is 0 Å². The van der Waals surface area contributed by atoms with E-state index in [4.69, 9.17) is 4.74 Å². The van der Waals surface area contributed by atoms with Crippen LogP contribution in [0, 0.1) is 5.82 Å². The maximum absolute atomic E-state index is 13.2. The number of carbonyl (C=O) groups excluding carboxylic acids is 1. The van der Waals surface area contributed by atoms with Gasteiger partial charge in [-0.15, -0.1) is 0 Å². The molecule has 5 nitrogen and oxygen atoms in total. The highest BCUT2D eigenvalue weighted by molar-refractivity contribution is 5.69. The molecule has 0 aromatic heterocycles. The number of nitrogens with zero attached hydrogens (tertiary/aromatic N) is 1. The Hall–Kier alpha value is -1.82. The normalized spacial score (nSPS) is 14.6. The highest BCUT2D eigenvalue weighted by Crippen LogP contribution is 2.28. The van der Waals surface area contributed by atoms with E-state index in [9.17, 15) is 14.3 Å². The molecule has 128 valence electrons. The predicted octanol–water partition coefficient (Wildman–Crippen LogP) is 3.02. The Bertz CT molecular complexity index is 553. The topological polar surface area (TPSA) is 61.8 Å². The summed E-state index contributed by atoms with van der Waals surface area (Å²) in [6.45, 7) is 6.96. The van der Waals surface area contributed by atoms with Crippen LogP contribution in [-0.4, -0.2) is 40.8 Å². The number of hydrogen-bond donors (Lipinski definition) is 2. The van der Waals surface area contributed by atoms with Gasteiger partial charge >= 0.3 is 6.09 Å². The van der Waals surface area contributed by atoms with Gasteiger partial charge in [0.2, 0.25) is 0 Å². The summed E-state index contributed by atoms with van der Waals surface area (Å²) in [6.07, 6.45) is 1.71. The Morgan fingerprint density at radius 2 is 2.13 bits per heavy atom. The van der Waals surface area contributed by atoms with Gasteiger partial charge in [0.25, 0.3) is 0 Å². The second-order valence-corrected chi connectivity index (χ2v) is 6.83. The molecule has 1 aromatic rings. The SMILES string of the molecule is CC(C)(C)OC(=O)N(CCNCc1cccc(F)c1O)C1CC1. The molecule has 2 N–H and O–H groups in total. The first kappa shape index (κ1) is 17.5. The van der Waals surface area contributed by atoms with E-state index in [-0.39, 0.29) is 17.9 Å². The third-order valence-electron chi connectivity index (χ3n) is 3.53. The van der Waals surface area contributed by atoms with Gasteiger partial charge in [-0.05, 0) is 39.7 Å². The quantitative estimate of drug-likeness (QED) is 0.790. The Morgan fingerprint density at radius 3 is 2.74 bits per heavy atom. The number of phenols is 1. The van der Waals surface area contributed by atoms with Crippen molar-refractivity contribution in [2.75, 3.05) is 13.1 Å². The average Bonchev–Trinajstić information content (AvgIpc) is 3.25. The number of phenolic OH excluding ortho intramolecular Hbond substituents is 1. The van der Waals surface area contributed by atoms with Crippen LogP contribution in [-0.2, 0) is 11.3 Å². The molecule has 23 heavy (non-hydrogen) atoms. The summed E-state index contributed by atoms with van der Waals surface area (Å²) in [5.74, 6) is -0.955. The Labute approximate surface area is 136 Å².